The summed E-state index contributed by atoms with van der Waals surface area (Å²) in [5.41, 5.74) is 5.01. The van der Waals surface area contributed by atoms with Crippen molar-refractivity contribution < 1.29 is 13.9 Å². The van der Waals surface area contributed by atoms with Gasteiger partial charge in [0.1, 0.15) is 11.3 Å². The largest absolute Gasteiger partial charge is 0.493 e. The molecule has 6 heteroatoms. The maximum absolute atomic E-state index is 12.7. The Morgan fingerprint density at radius 3 is 2.45 bits per heavy atom. The summed E-state index contributed by atoms with van der Waals surface area (Å²) in [6, 6.07) is 7.41. The van der Waals surface area contributed by atoms with Crippen molar-refractivity contribution in [3.63, 3.8) is 0 Å². The van der Waals surface area contributed by atoms with Crippen LogP contribution < -0.4 is 4.74 Å². The highest BCUT2D eigenvalue weighted by Crippen LogP contribution is 2.42. The van der Waals surface area contributed by atoms with Gasteiger partial charge in [0.2, 0.25) is 5.91 Å². The highest BCUT2D eigenvalue weighted by atomic mass is 35.5. The number of halogens is 2. The van der Waals surface area contributed by atoms with Gasteiger partial charge in [-0.1, -0.05) is 29.3 Å². The number of allylic oxidation sites excluding steroid dienone is 1. The molecule has 0 aliphatic heterocycles. The third kappa shape index (κ3) is 4.60. The Bertz CT molecular complexity index is 1140. The number of carbonyl (C=O) groups excluding carboxylic acids is 1. The van der Waals surface area contributed by atoms with Gasteiger partial charge in [0, 0.05) is 51.8 Å². The summed E-state index contributed by atoms with van der Waals surface area (Å²) in [6.45, 7) is 11.6. The van der Waals surface area contributed by atoms with Crippen LogP contribution in [-0.4, -0.2) is 30.5 Å². The monoisotopic (exact) mass is 459 g/mol. The van der Waals surface area contributed by atoms with Gasteiger partial charge in [-0.05, 0) is 58.4 Å². The van der Waals surface area contributed by atoms with Gasteiger partial charge in [-0.2, -0.15) is 0 Å². The molecule has 1 amide bonds. The van der Waals surface area contributed by atoms with Crippen LogP contribution in [0.1, 0.15) is 38.8 Å². The first-order valence-corrected chi connectivity index (χ1v) is 11.2. The number of benzene rings is 2. The van der Waals surface area contributed by atoms with E-state index in [9.17, 15) is 4.79 Å². The molecule has 0 unspecified atom stereocenters. The molecule has 4 nitrogen and oxygen atoms in total. The smallest absolute Gasteiger partial charge is 0.246 e. The number of hydrogen-bond donors (Lipinski definition) is 0. The SMILES string of the molecule is CCOc1c(/C(C)=C/C(=O)N(CC)CC)cc2c(-c3ccc(Cl)cc3Cl)coc2c1C. The number of rotatable bonds is 7. The van der Waals surface area contributed by atoms with Crippen LogP contribution in [0.2, 0.25) is 10.0 Å². The van der Waals surface area contributed by atoms with Crippen LogP contribution in [0.4, 0.5) is 0 Å². The molecule has 0 N–H and O–H groups in total. The van der Waals surface area contributed by atoms with Gasteiger partial charge in [-0.25, -0.2) is 0 Å². The predicted octanol–water partition coefficient (Wildman–Crippen LogP) is 7.39. The molecular weight excluding hydrogens is 433 g/mol. The standard InChI is InChI=1S/C25H27Cl2NO3/c1-6-28(7-2)23(29)11-15(4)19-13-20-21(18-10-9-17(26)12-22(18)27)14-31-25(20)16(5)24(19)30-8-3/h9-14H,6-8H2,1-5H3/b15-11+. The maximum Gasteiger partial charge on any atom is 0.246 e. The van der Waals surface area contributed by atoms with Crippen molar-refractivity contribution in [3.8, 4) is 16.9 Å². The predicted molar refractivity (Wildman–Crippen MR) is 129 cm³/mol. The Morgan fingerprint density at radius 2 is 1.84 bits per heavy atom. The minimum Gasteiger partial charge on any atom is -0.493 e. The van der Waals surface area contributed by atoms with Crippen LogP contribution in [0.5, 0.6) is 5.75 Å². The number of aryl methyl sites for hydroxylation is 1. The lowest BCUT2D eigenvalue weighted by Gasteiger charge is -2.18. The van der Waals surface area contributed by atoms with Gasteiger partial charge in [-0.15, -0.1) is 0 Å². The third-order valence-electron chi connectivity index (χ3n) is 5.39. The van der Waals surface area contributed by atoms with E-state index in [1.54, 1.807) is 29.4 Å². The van der Waals surface area contributed by atoms with E-state index >= 15 is 0 Å². The molecule has 0 radical (unpaired) electrons. The summed E-state index contributed by atoms with van der Waals surface area (Å²) >= 11 is 12.5. The van der Waals surface area contributed by atoms with Crippen LogP contribution >= 0.6 is 23.2 Å². The minimum atomic E-state index is -0.0177. The molecule has 3 aromatic rings. The fraction of sp³-hybridized carbons (Fsp3) is 0.320. The number of fused-ring (bicyclic) bond motifs is 1. The van der Waals surface area contributed by atoms with Gasteiger partial charge in [0.05, 0.1) is 17.9 Å². The number of furan rings is 1. The number of amides is 1. The summed E-state index contributed by atoms with van der Waals surface area (Å²) < 4.78 is 11.9. The van der Waals surface area contributed by atoms with Gasteiger partial charge in [0.25, 0.3) is 0 Å². The van der Waals surface area contributed by atoms with Gasteiger partial charge in [0.15, 0.2) is 0 Å². The second kappa shape index (κ2) is 9.80. The fourth-order valence-electron chi connectivity index (χ4n) is 3.75. The Morgan fingerprint density at radius 1 is 1.13 bits per heavy atom. The number of hydrogen-bond acceptors (Lipinski definition) is 3. The number of nitrogens with zero attached hydrogens (tertiary/aromatic N) is 1. The summed E-state index contributed by atoms with van der Waals surface area (Å²) in [7, 11) is 0. The highest BCUT2D eigenvalue weighted by molar-refractivity contribution is 6.36. The molecule has 31 heavy (non-hydrogen) atoms. The molecule has 0 saturated carbocycles. The average Bonchev–Trinajstić information content (AvgIpc) is 3.15. The minimum absolute atomic E-state index is 0.0177. The van der Waals surface area contributed by atoms with Crippen molar-refractivity contribution in [2.24, 2.45) is 0 Å². The second-order valence-corrected chi connectivity index (χ2v) is 8.14. The zero-order valence-corrected chi connectivity index (χ0v) is 20.0. The molecular formula is C25H27Cl2NO3. The van der Waals surface area contributed by atoms with Crippen LogP contribution in [0.25, 0.3) is 27.7 Å². The van der Waals surface area contributed by atoms with Crippen molar-refractivity contribution in [3.05, 3.63) is 57.8 Å². The Hall–Kier alpha value is -2.43. The first kappa shape index (κ1) is 23.2. The molecule has 0 bridgehead atoms. The Labute approximate surface area is 193 Å². The lowest BCUT2D eigenvalue weighted by Crippen LogP contribution is -2.28. The molecule has 0 fully saturated rings. The fourth-order valence-corrected chi connectivity index (χ4v) is 4.26. The van der Waals surface area contributed by atoms with E-state index in [0.29, 0.717) is 29.7 Å². The Balaban J connectivity index is 2.22. The van der Waals surface area contributed by atoms with Crippen molar-refractivity contribution in [2.45, 2.75) is 34.6 Å². The molecule has 0 aliphatic carbocycles. The molecule has 1 aromatic heterocycles. The molecule has 3 rings (SSSR count). The summed E-state index contributed by atoms with van der Waals surface area (Å²) in [6.07, 6.45) is 3.37. The van der Waals surface area contributed by atoms with Crippen LogP contribution in [-0.2, 0) is 4.79 Å². The number of likely N-dealkylation sites (N-methyl/N-ethyl adjacent to an activating group) is 1. The van der Waals surface area contributed by atoms with E-state index in [2.05, 4.69) is 0 Å². The normalized spacial score (nSPS) is 11.8. The lowest BCUT2D eigenvalue weighted by molar-refractivity contribution is -0.125. The van der Waals surface area contributed by atoms with Gasteiger partial charge in [-0.3, -0.25) is 4.79 Å². The van der Waals surface area contributed by atoms with E-state index in [-0.39, 0.29) is 5.91 Å². The van der Waals surface area contributed by atoms with Crippen LogP contribution in [0.15, 0.2) is 41.0 Å². The zero-order valence-electron chi connectivity index (χ0n) is 18.5. The van der Waals surface area contributed by atoms with Crippen molar-refractivity contribution in [2.75, 3.05) is 19.7 Å². The molecule has 0 atom stereocenters. The topological polar surface area (TPSA) is 42.7 Å². The lowest BCUT2D eigenvalue weighted by atomic mass is 9.96. The maximum atomic E-state index is 12.7. The first-order valence-electron chi connectivity index (χ1n) is 10.4. The van der Waals surface area contributed by atoms with Crippen molar-refractivity contribution in [1.82, 2.24) is 4.90 Å². The molecule has 1 heterocycles. The summed E-state index contributed by atoms with van der Waals surface area (Å²) in [5, 5.41) is 2.03. The summed E-state index contributed by atoms with van der Waals surface area (Å²) in [5.74, 6) is 0.704. The number of carbonyl (C=O) groups is 1. The second-order valence-electron chi connectivity index (χ2n) is 7.30. The van der Waals surface area contributed by atoms with Crippen molar-refractivity contribution in [1.29, 1.82) is 0 Å². The van der Waals surface area contributed by atoms with E-state index in [1.165, 1.54) is 0 Å². The van der Waals surface area contributed by atoms with E-state index < -0.39 is 0 Å². The third-order valence-corrected chi connectivity index (χ3v) is 5.94. The zero-order chi connectivity index (χ0) is 22.7. The quantitative estimate of drug-likeness (QED) is 0.346. The molecule has 0 spiro atoms. The summed E-state index contributed by atoms with van der Waals surface area (Å²) in [4.78, 5) is 14.5. The van der Waals surface area contributed by atoms with Crippen LogP contribution in [0.3, 0.4) is 0 Å². The molecule has 0 saturated heterocycles. The molecule has 2 aromatic carbocycles. The number of ether oxygens (including phenoxy) is 1. The Kier molecular flexibility index (Phi) is 7.34. The highest BCUT2D eigenvalue weighted by Gasteiger charge is 2.20. The van der Waals surface area contributed by atoms with Gasteiger partial charge >= 0.3 is 0 Å². The van der Waals surface area contributed by atoms with Crippen LogP contribution in [0, 0.1) is 6.92 Å². The molecule has 164 valence electrons. The average molecular weight is 460 g/mol. The van der Waals surface area contributed by atoms with E-state index in [4.69, 9.17) is 32.4 Å². The van der Waals surface area contributed by atoms with Gasteiger partial charge < -0.3 is 14.1 Å². The molecule has 0 aliphatic rings. The van der Waals surface area contributed by atoms with Crippen molar-refractivity contribution >= 4 is 45.7 Å². The first-order chi connectivity index (χ1) is 14.8. The van der Waals surface area contributed by atoms with E-state index in [1.807, 2.05) is 46.8 Å². The van der Waals surface area contributed by atoms with E-state index in [0.717, 1.165) is 44.5 Å².